The molecule has 0 aromatic carbocycles. The number of aryl methyl sites for hydroxylation is 1. The molecular weight excluding hydrogens is 378 g/mol. The van der Waals surface area contributed by atoms with Crippen LogP contribution in [0.5, 0.6) is 0 Å². The van der Waals surface area contributed by atoms with E-state index >= 15 is 0 Å². The minimum absolute atomic E-state index is 0.156. The number of likely N-dealkylation sites (tertiary alicyclic amines) is 1. The van der Waals surface area contributed by atoms with Crippen LogP contribution in [0.1, 0.15) is 74.4 Å². The summed E-state index contributed by atoms with van der Waals surface area (Å²) in [5.74, 6) is 1.13. The number of hydrogen-bond acceptors (Lipinski definition) is 4. The first-order valence-electron chi connectivity index (χ1n) is 11.8. The standard InChI is InChI=1S/C23H39N5O2/c1-3-24-23(26-14-8-13-25-22(29)21-18(2)12-16-30-21)27-19-9-7-15-28(17-19)20-10-5-4-6-11-20/h12,16,19-20H,3-11,13-15,17H2,1-2H3,(H,25,29)(H2,24,26,27). The van der Waals surface area contributed by atoms with E-state index in [2.05, 4.69) is 27.8 Å². The first-order chi connectivity index (χ1) is 14.7. The molecule has 1 aromatic heterocycles. The van der Waals surface area contributed by atoms with Crippen molar-refractivity contribution in [3.8, 4) is 0 Å². The Labute approximate surface area is 181 Å². The van der Waals surface area contributed by atoms with Gasteiger partial charge in [-0.1, -0.05) is 19.3 Å². The molecule has 1 aliphatic carbocycles. The number of carbonyl (C=O) groups excluding carboxylic acids is 1. The van der Waals surface area contributed by atoms with Crippen LogP contribution in [0.25, 0.3) is 0 Å². The third-order valence-electron chi connectivity index (χ3n) is 6.19. The van der Waals surface area contributed by atoms with E-state index in [1.807, 2.05) is 6.92 Å². The molecule has 2 fully saturated rings. The molecule has 2 heterocycles. The maximum absolute atomic E-state index is 12.1. The highest BCUT2D eigenvalue weighted by atomic mass is 16.3. The Kier molecular flexibility index (Phi) is 9.05. The van der Waals surface area contributed by atoms with Crippen molar-refractivity contribution < 1.29 is 9.21 Å². The second-order valence-electron chi connectivity index (χ2n) is 8.57. The van der Waals surface area contributed by atoms with E-state index in [0.717, 1.165) is 37.1 Å². The van der Waals surface area contributed by atoms with Crippen molar-refractivity contribution in [1.82, 2.24) is 20.9 Å². The molecule has 1 saturated carbocycles. The van der Waals surface area contributed by atoms with Gasteiger partial charge < -0.3 is 20.4 Å². The second kappa shape index (κ2) is 12.0. The first kappa shape index (κ1) is 22.7. The highest BCUT2D eigenvalue weighted by Crippen LogP contribution is 2.25. The minimum atomic E-state index is -0.156. The normalized spacial score (nSPS) is 21.4. The smallest absolute Gasteiger partial charge is 0.287 e. The summed E-state index contributed by atoms with van der Waals surface area (Å²) in [5, 5.41) is 9.93. The van der Waals surface area contributed by atoms with Gasteiger partial charge in [-0.2, -0.15) is 0 Å². The van der Waals surface area contributed by atoms with E-state index in [1.54, 1.807) is 12.3 Å². The molecule has 0 spiro atoms. The van der Waals surface area contributed by atoms with Gasteiger partial charge in [0.15, 0.2) is 11.7 Å². The van der Waals surface area contributed by atoms with Gasteiger partial charge in [0.1, 0.15) is 0 Å². The van der Waals surface area contributed by atoms with Crippen molar-refractivity contribution in [3.05, 3.63) is 23.7 Å². The van der Waals surface area contributed by atoms with Gasteiger partial charge >= 0.3 is 0 Å². The Morgan fingerprint density at radius 1 is 1.20 bits per heavy atom. The molecule has 7 nitrogen and oxygen atoms in total. The Bertz CT molecular complexity index is 681. The summed E-state index contributed by atoms with van der Waals surface area (Å²) >= 11 is 0. The maximum Gasteiger partial charge on any atom is 0.287 e. The average Bonchev–Trinajstić information content (AvgIpc) is 3.20. The van der Waals surface area contributed by atoms with Crippen LogP contribution >= 0.6 is 0 Å². The molecule has 3 N–H and O–H groups in total. The quantitative estimate of drug-likeness (QED) is 0.344. The predicted molar refractivity (Wildman–Crippen MR) is 121 cm³/mol. The van der Waals surface area contributed by atoms with E-state index in [9.17, 15) is 4.79 Å². The zero-order valence-corrected chi connectivity index (χ0v) is 18.7. The Morgan fingerprint density at radius 3 is 2.77 bits per heavy atom. The molecule has 2 aliphatic rings. The van der Waals surface area contributed by atoms with Crippen LogP contribution < -0.4 is 16.0 Å². The predicted octanol–water partition coefficient (Wildman–Crippen LogP) is 3.06. The monoisotopic (exact) mass is 417 g/mol. The Hall–Kier alpha value is -2.02. The van der Waals surface area contributed by atoms with Crippen LogP contribution in [-0.4, -0.2) is 61.6 Å². The summed E-state index contributed by atoms with van der Waals surface area (Å²) in [7, 11) is 0. The number of nitrogens with zero attached hydrogens (tertiary/aromatic N) is 2. The van der Waals surface area contributed by atoms with Gasteiger partial charge in [-0.25, -0.2) is 0 Å². The summed E-state index contributed by atoms with van der Waals surface area (Å²) in [4.78, 5) is 19.5. The number of guanidine groups is 1. The third-order valence-corrected chi connectivity index (χ3v) is 6.19. The topological polar surface area (TPSA) is 81.9 Å². The highest BCUT2D eigenvalue weighted by Gasteiger charge is 2.27. The van der Waals surface area contributed by atoms with Crippen molar-refractivity contribution in [2.75, 3.05) is 32.7 Å². The van der Waals surface area contributed by atoms with Crippen molar-refractivity contribution in [2.24, 2.45) is 4.99 Å². The summed E-state index contributed by atoms with van der Waals surface area (Å²) in [5.41, 5.74) is 0.860. The maximum atomic E-state index is 12.1. The number of carbonyl (C=O) groups is 1. The molecule has 1 aromatic rings. The molecule has 1 unspecified atom stereocenters. The van der Waals surface area contributed by atoms with E-state index < -0.39 is 0 Å². The second-order valence-corrected chi connectivity index (χ2v) is 8.57. The van der Waals surface area contributed by atoms with Crippen LogP contribution in [0.15, 0.2) is 21.7 Å². The number of nitrogens with one attached hydrogen (secondary N) is 3. The number of rotatable bonds is 8. The molecular formula is C23H39N5O2. The molecule has 7 heteroatoms. The fraction of sp³-hybridized carbons (Fsp3) is 0.739. The Morgan fingerprint density at radius 2 is 2.03 bits per heavy atom. The zero-order chi connectivity index (χ0) is 21.2. The van der Waals surface area contributed by atoms with E-state index in [-0.39, 0.29) is 5.91 Å². The van der Waals surface area contributed by atoms with Crippen molar-refractivity contribution in [1.29, 1.82) is 0 Å². The van der Waals surface area contributed by atoms with E-state index in [1.165, 1.54) is 51.5 Å². The summed E-state index contributed by atoms with van der Waals surface area (Å²) in [6.07, 6.45) is 11.7. The van der Waals surface area contributed by atoms with E-state index in [4.69, 9.17) is 9.41 Å². The minimum Gasteiger partial charge on any atom is -0.459 e. The lowest BCUT2D eigenvalue weighted by atomic mass is 9.92. The summed E-state index contributed by atoms with van der Waals surface area (Å²) in [6, 6.07) is 3.04. The van der Waals surface area contributed by atoms with Gasteiger partial charge in [0.05, 0.1) is 6.26 Å². The molecule has 30 heavy (non-hydrogen) atoms. The first-order valence-corrected chi connectivity index (χ1v) is 11.8. The van der Waals surface area contributed by atoms with Crippen molar-refractivity contribution >= 4 is 11.9 Å². The zero-order valence-electron chi connectivity index (χ0n) is 18.7. The van der Waals surface area contributed by atoms with Crippen LogP contribution in [0.3, 0.4) is 0 Å². The SMILES string of the molecule is CCNC(=NCCCNC(=O)c1occc1C)NC1CCCN(C2CCCCC2)C1. The average molecular weight is 418 g/mol. The third kappa shape index (κ3) is 6.76. The number of hydrogen-bond donors (Lipinski definition) is 3. The van der Waals surface area contributed by atoms with Crippen LogP contribution in [-0.2, 0) is 0 Å². The lowest BCUT2D eigenvalue weighted by Crippen LogP contribution is -2.53. The van der Waals surface area contributed by atoms with Gasteiger partial charge in [-0.3, -0.25) is 14.7 Å². The Balaban J connectivity index is 1.41. The van der Waals surface area contributed by atoms with Gasteiger partial charge in [-0.15, -0.1) is 0 Å². The van der Waals surface area contributed by atoms with Crippen LogP contribution in [0.4, 0.5) is 0 Å². The van der Waals surface area contributed by atoms with Crippen LogP contribution in [0.2, 0.25) is 0 Å². The molecule has 1 saturated heterocycles. The molecule has 1 amide bonds. The van der Waals surface area contributed by atoms with Crippen molar-refractivity contribution in [2.45, 2.75) is 77.3 Å². The van der Waals surface area contributed by atoms with Gasteiger partial charge in [0.2, 0.25) is 0 Å². The largest absolute Gasteiger partial charge is 0.459 e. The number of piperidine rings is 1. The molecule has 1 aliphatic heterocycles. The van der Waals surface area contributed by atoms with E-state index in [0.29, 0.717) is 24.9 Å². The summed E-state index contributed by atoms with van der Waals surface area (Å²) in [6.45, 7) is 8.43. The lowest BCUT2D eigenvalue weighted by molar-refractivity contribution is 0.0925. The molecule has 168 valence electrons. The molecule has 0 radical (unpaired) electrons. The van der Waals surface area contributed by atoms with Gasteiger partial charge in [-0.05, 0) is 58.6 Å². The highest BCUT2D eigenvalue weighted by molar-refractivity contribution is 5.92. The molecule has 3 rings (SSSR count). The number of furan rings is 1. The van der Waals surface area contributed by atoms with Gasteiger partial charge in [0.25, 0.3) is 5.91 Å². The number of aliphatic imine (C=N–C) groups is 1. The number of amides is 1. The molecule has 0 bridgehead atoms. The molecule has 1 atom stereocenters. The fourth-order valence-corrected chi connectivity index (χ4v) is 4.57. The summed E-state index contributed by atoms with van der Waals surface area (Å²) < 4.78 is 5.23. The fourth-order valence-electron chi connectivity index (χ4n) is 4.57. The van der Waals surface area contributed by atoms with Crippen molar-refractivity contribution in [3.63, 3.8) is 0 Å². The van der Waals surface area contributed by atoms with Crippen LogP contribution in [0, 0.1) is 6.92 Å². The van der Waals surface area contributed by atoms with Gasteiger partial charge in [0, 0.05) is 43.8 Å². The lowest BCUT2D eigenvalue weighted by Gasteiger charge is -2.40.